The van der Waals surface area contributed by atoms with Crippen LogP contribution in [0.1, 0.15) is 40.0 Å². The number of anilines is 1. The molecule has 1 amide bonds. The van der Waals surface area contributed by atoms with Crippen molar-refractivity contribution >= 4 is 39.8 Å². The molecule has 0 unspecified atom stereocenters. The molecule has 0 atom stereocenters. The van der Waals surface area contributed by atoms with E-state index in [2.05, 4.69) is 20.5 Å². The topological polar surface area (TPSA) is 77.0 Å². The van der Waals surface area contributed by atoms with Gasteiger partial charge in [-0.3, -0.25) is 10.1 Å². The van der Waals surface area contributed by atoms with Crippen LogP contribution in [0.4, 0.5) is 5.13 Å². The third-order valence-electron chi connectivity index (χ3n) is 3.94. The van der Waals surface area contributed by atoms with Crippen molar-refractivity contribution in [2.45, 2.75) is 32.3 Å². The normalized spacial score (nSPS) is 13.8. The second-order valence-corrected chi connectivity index (χ2v) is 8.33. The Morgan fingerprint density at radius 1 is 1.37 bits per heavy atom. The summed E-state index contributed by atoms with van der Waals surface area (Å²) in [7, 11) is 0. The highest BCUT2D eigenvalue weighted by Crippen LogP contribution is 2.42. The van der Waals surface area contributed by atoms with Crippen LogP contribution in [-0.2, 0) is 11.4 Å². The number of aryl methyl sites for hydroxylation is 1. The lowest BCUT2D eigenvalue weighted by atomic mass is 10.2. The van der Waals surface area contributed by atoms with Crippen LogP contribution in [-0.4, -0.2) is 21.1 Å². The third-order valence-corrected chi connectivity index (χ3v) is 5.76. The first-order valence-electron chi connectivity index (χ1n) is 8.62. The third kappa shape index (κ3) is 4.99. The van der Waals surface area contributed by atoms with Crippen molar-refractivity contribution in [3.63, 3.8) is 0 Å². The maximum Gasteiger partial charge on any atom is 0.250 e. The van der Waals surface area contributed by atoms with E-state index < -0.39 is 0 Å². The number of hydrogen-bond donors (Lipinski definition) is 1. The number of hydrogen-bond acceptors (Lipinski definition) is 7. The highest BCUT2D eigenvalue weighted by atomic mass is 32.1. The SMILES string of the molecule is Cc1nc(COc2cccc(/C=C/C(=O)Nc3nnc(C4CC4)s3)c2)cs1. The summed E-state index contributed by atoms with van der Waals surface area (Å²) in [5.41, 5.74) is 1.80. The minimum atomic E-state index is -0.224. The first-order valence-corrected chi connectivity index (χ1v) is 10.3. The van der Waals surface area contributed by atoms with Crippen LogP contribution >= 0.6 is 22.7 Å². The number of amides is 1. The van der Waals surface area contributed by atoms with Crippen molar-refractivity contribution in [1.82, 2.24) is 15.2 Å². The number of rotatable bonds is 7. The van der Waals surface area contributed by atoms with Crippen LogP contribution in [0.3, 0.4) is 0 Å². The summed E-state index contributed by atoms with van der Waals surface area (Å²) in [4.78, 5) is 16.5. The van der Waals surface area contributed by atoms with Gasteiger partial charge in [0, 0.05) is 17.4 Å². The van der Waals surface area contributed by atoms with Gasteiger partial charge in [-0.1, -0.05) is 23.5 Å². The number of thiazole rings is 1. The fraction of sp³-hybridized carbons (Fsp3) is 0.263. The van der Waals surface area contributed by atoms with Crippen molar-refractivity contribution in [3.8, 4) is 5.75 Å². The molecule has 2 heterocycles. The summed E-state index contributed by atoms with van der Waals surface area (Å²) in [6.45, 7) is 2.40. The highest BCUT2D eigenvalue weighted by Gasteiger charge is 2.27. The lowest BCUT2D eigenvalue weighted by Gasteiger charge is -2.05. The minimum Gasteiger partial charge on any atom is -0.487 e. The number of nitrogens with zero attached hydrogens (tertiary/aromatic N) is 3. The van der Waals surface area contributed by atoms with Gasteiger partial charge in [-0.2, -0.15) is 0 Å². The lowest BCUT2D eigenvalue weighted by molar-refractivity contribution is -0.111. The van der Waals surface area contributed by atoms with Crippen molar-refractivity contribution in [2.75, 3.05) is 5.32 Å². The van der Waals surface area contributed by atoms with Gasteiger partial charge in [0.15, 0.2) is 0 Å². The van der Waals surface area contributed by atoms with Gasteiger partial charge in [-0.15, -0.1) is 21.5 Å². The number of benzene rings is 1. The van der Waals surface area contributed by atoms with Crippen LogP contribution in [0.2, 0.25) is 0 Å². The number of nitrogens with one attached hydrogen (secondary N) is 1. The molecule has 0 bridgehead atoms. The first kappa shape index (κ1) is 17.8. The molecule has 1 aromatic carbocycles. The molecule has 1 fully saturated rings. The molecule has 3 aromatic rings. The van der Waals surface area contributed by atoms with Crippen molar-refractivity contribution in [2.24, 2.45) is 0 Å². The summed E-state index contributed by atoms with van der Waals surface area (Å²) < 4.78 is 5.77. The highest BCUT2D eigenvalue weighted by molar-refractivity contribution is 7.15. The van der Waals surface area contributed by atoms with Gasteiger partial charge in [0.2, 0.25) is 11.0 Å². The molecular formula is C19H18N4O2S2. The van der Waals surface area contributed by atoms with Crippen LogP contribution in [0.25, 0.3) is 6.08 Å². The molecular weight excluding hydrogens is 380 g/mol. The number of carbonyl (C=O) groups is 1. The average molecular weight is 399 g/mol. The molecule has 0 aliphatic heterocycles. The van der Waals surface area contributed by atoms with E-state index in [1.807, 2.05) is 36.6 Å². The van der Waals surface area contributed by atoms with Crippen LogP contribution in [0.5, 0.6) is 5.75 Å². The lowest BCUT2D eigenvalue weighted by Crippen LogP contribution is -2.07. The zero-order valence-corrected chi connectivity index (χ0v) is 16.3. The molecule has 4 rings (SSSR count). The Morgan fingerprint density at radius 3 is 3.04 bits per heavy atom. The summed E-state index contributed by atoms with van der Waals surface area (Å²) in [5, 5.41) is 15.5. The molecule has 1 aliphatic rings. The van der Waals surface area contributed by atoms with E-state index in [4.69, 9.17) is 4.74 Å². The smallest absolute Gasteiger partial charge is 0.250 e. The largest absolute Gasteiger partial charge is 0.487 e. The molecule has 2 aromatic heterocycles. The average Bonchev–Trinajstić information content (AvgIpc) is 3.28. The van der Waals surface area contributed by atoms with Gasteiger partial charge in [0.1, 0.15) is 17.4 Å². The maximum atomic E-state index is 12.1. The summed E-state index contributed by atoms with van der Waals surface area (Å²) in [5.74, 6) is 1.05. The molecule has 6 nitrogen and oxygen atoms in total. The molecule has 1 saturated carbocycles. The predicted molar refractivity (Wildman–Crippen MR) is 107 cm³/mol. The van der Waals surface area contributed by atoms with E-state index in [9.17, 15) is 4.79 Å². The summed E-state index contributed by atoms with van der Waals surface area (Å²) >= 11 is 3.05. The Morgan fingerprint density at radius 2 is 2.26 bits per heavy atom. The Labute approximate surface area is 165 Å². The van der Waals surface area contributed by atoms with Crippen LogP contribution < -0.4 is 10.1 Å². The molecule has 138 valence electrons. The second kappa shape index (κ2) is 7.98. The zero-order chi connectivity index (χ0) is 18.6. The predicted octanol–water partition coefficient (Wildman–Crippen LogP) is 4.41. The van der Waals surface area contributed by atoms with E-state index in [0.29, 0.717) is 17.7 Å². The van der Waals surface area contributed by atoms with Gasteiger partial charge in [0.25, 0.3) is 0 Å². The number of ether oxygens (including phenoxy) is 1. The Kier molecular flexibility index (Phi) is 5.26. The molecule has 1 aliphatic carbocycles. The van der Waals surface area contributed by atoms with E-state index in [0.717, 1.165) is 27.0 Å². The fourth-order valence-corrected chi connectivity index (χ4v) is 3.95. The summed E-state index contributed by atoms with van der Waals surface area (Å²) in [6.07, 6.45) is 5.57. The Hall–Kier alpha value is -2.58. The van der Waals surface area contributed by atoms with E-state index in [-0.39, 0.29) is 5.91 Å². The van der Waals surface area contributed by atoms with Crippen LogP contribution in [0.15, 0.2) is 35.7 Å². The molecule has 0 saturated heterocycles. The second-order valence-electron chi connectivity index (χ2n) is 6.26. The Balaban J connectivity index is 1.32. The Bertz CT molecular complexity index is 976. The summed E-state index contributed by atoms with van der Waals surface area (Å²) in [6, 6.07) is 7.59. The standard InChI is InChI=1S/C19H18N4O2S2/c1-12-20-15(11-26-12)10-25-16-4-2-3-13(9-16)5-8-17(24)21-19-23-22-18(27-19)14-6-7-14/h2-5,8-9,11,14H,6-7,10H2,1H3,(H,21,23,24)/b8-5+. The van der Waals surface area contributed by atoms with Gasteiger partial charge < -0.3 is 4.74 Å². The van der Waals surface area contributed by atoms with E-state index >= 15 is 0 Å². The first-order chi connectivity index (χ1) is 13.2. The van der Waals surface area contributed by atoms with Gasteiger partial charge in [-0.05, 0) is 43.5 Å². The molecule has 0 radical (unpaired) electrons. The van der Waals surface area contributed by atoms with Crippen molar-refractivity contribution < 1.29 is 9.53 Å². The van der Waals surface area contributed by atoms with Gasteiger partial charge >= 0.3 is 0 Å². The molecule has 27 heavy (non-hydrogen) atoms. The van der Waals surface area contributed by atoms with Gasteiger partial charge in [-0.25, -0.2) is 4.98 Å². The quantitative estimate of drug-likeness (QED) is 0.597. The fourth-order valence-electron chi connectivity index (χ4n) is 2.44. The molecule has 8 heteroatoms. The van der Waals surface area contributed by atoms with Crippen LogP contribution in [0, 0.1) is 6.92 Å². The van der Waals surface area contributed by atoms with E-state index in [1.54, 1.807) is 17.4 Å². The molecule has 1 N–H and O–H groups in total. The van der Waals surface area contributed by atoms with Crippen molar-refractivity contribution in [3.05, 3.63) is 57.0 Å². The zero-order valence-electron chi connectivity index (χ0n) is 14.7. The number of carbonyl (C=O) groups excluding carboxylic acids is 1. The maximum absolute atomic E-state index is 12.1. The number of aromatic nitrogens is 3. The minimum absolute atomic E-state index is 0.224. The molecule has 0 spiro atoms. The monoisotopic (exact) mass is 398 g/mol. The van der Waals surface area contributed by atoms with Gasteiger partial charge in [0.05, 0.1) is 10.7 Å². The van der Waals surface area contributed by atoms with E-state index in [1.165, 1.54) is 30.3 Å². The van der Waals surface area contributed by atoms with Crippen molar-refractivity contribution in [1.29, 1.82) is 0 Å².